The van der Waals surface area contributed by atoms with Crippen molar-refractivity contribution in [1.82, 2.24) is 0 Å². The molecule has 1 N–H and O–H groups in total. The van der Waals surface area contributed by atoms with E-state index in [-0.39, 0.29) is 21.9 Å². The maximum Gasteiger partial charge on any atom is 0.124 e. The second kappa shape index (κ2) is 24.9. The molecule has 0 fully saturated rings. The minimum absolute atomic E-state index is 0. The Kier molecular flexibility index (Phi) is 25.9. The molecule has 41 heavy (non-hydrogen) atoms. The SMILES string of the molecule is CCCCCCCCCCCC[N+](C)(C)CCCCCC[N+](C)(C)CCCCO.Cc1ccc(S(=O)(=O)[O-])cc1.[Br-]. The third-order valence-corrected chi connectivity index (χ3v) is 8.72. The summed E-state index contributed by atoms with van der Waals surface area (Å²) in [6.45, 7) is 9.63. The van der Waals surface area contributed by atoms with E-state index in [4.69, 9.17) is 5.11 Å². The number of hydrogen-bond acceptors (Lipinski definition) is 4. The van der Waals surface area contributed by atoms with Crippen molar-refractivity contribution in [3.63, 3.8) is 0 Å². The summed E-state index contributed by atoms with van der Waals surface area (Å²) in [5.74, 6) is 0. The highest BCUT2D eigenvalue weighted by molar-refractivity contribution is 7.85. The van der Waals surface area contributed by atoms with E-state index in [1.54, 1.807) is 12.1 Å². The minimum Gasteiger partial charge on any atom is -1.00 e. The Morgan fingerprint density at radius 2 is 0.927 bits per heavy atom. The van der Waals surface area contributed by atoms with Gasteiger partial charge in [-0.05, 0) is 70.4 Å². The second-order valence-corrected chi connectivity index (χ2v) is 14.4. The van der Waals surface area contributed by atoms with Crippen LogP contribution in [0, 0.1) is 6.92 Å². The average Bonchev–Trinajstić information content (AvgIpc) is 2.87. The van der Waals surface area contributed by atoms with Gasteiger partial charge in [0.2, 0.25) is 0 Å². The Hall–Kier alpha value is -0.510. The van der Waals surface area contributed by atoms with Gasteiger partial charge in [0.15, 0.2) is 0 Å². The van der Waals surface area contributed by atoms with Crippen molar-refractivity contribution >= 4 is 10.1 Å². The number of nitrogens with zero attached hydrogens (tertiary/aromatic N) is 2. The van der Waals surface area contributed by atoms with Gasteiger partial charge in [-0.3, -0.25) is 0 Å². The molecule has 8 heteroatoms. The van der Waals surface area contributed by atoms with E-state index in [1.165, 1.54) is 133 Å². The number of hydrogen-bond donors (Lipinski definition) is 1. The normalized spacial score (nSPS) is 12.0. The maximum absolute atomic E-state index is 10.4. The molecule has 0 saturated heterocycles. The molecule has 0 bridgehead atoms. The highest BCUT2D eigenvalue weighted by atomic mass is 79.9. The Morgan fingerprint density at radius 1 is 0.610 bits per heavy atom. The van der Waals surface area contributed by atoms with Crippen LogP contribution in [0.25, 0.3) is 0 Å². The molecular weight excluding hydrogens is 600 g/mol. The molecule has 0 aromatic heterocycles. The number of unbranched alkanes of at least 4 members (excludes halogenated alkanes) is 13. The van der Waals surface area contributed by atoms with Gasteiger partial charge in [0.25, 0.3) is 0 Å². The van der Waals surface area contributed by atoms with E-state index in [0.29, 0.717) is 6.61 Å². The Bertz CT molecular complexity index is 830. The van der Waals surface area contributed by atoms with Crippen LogP contribution >= 0.6 is 0 Å². The Balaban J connectivity index is 0. The van der Waals surface area contributed by atoms with Crippen LogP contribution in [0.2, 0.25) is 0 Å². The van der Waals surface area contributed by atoms with Gasteiger partial charge in [0.1, 0.15) is 10.1 Å². The zero-order chi connectivity index (χ0) is 30.3. The summed E-state index contributed by atoms with van der Waals surface area (Å²) in [7, 11) is 5.26. The predicted octanol–water partition coefficient (Wildman–Crippen LogP) is 4.30. The summed E-state index contributed by atoms with van der Waals surface area (Å²) < 4.78 is 33.5. The fraction of sp³-hybridized carbons (Fsp3) is 0.818. The van der Waals surface area contributed by atoms with Crippen molar-refractivity contribution in [2.75, 3.05) is 61.0 Å². The van der Waals surface area contributed by atoms with Crippen LogP contribution < -0.4 is 17.0 Å². The van der Waals surface area contributed by atoms with E-state index >= 15 is 0 Å². The topological polar surface area (TPSA) is 77.4 Å². The van der Waals surface area contributed by atoms with Crippen LogP contribution in [0.4, 0.5) is 0 Å². The summed E-state index contributed by atoms with van der Waals surface area (Å²) in [6.07, 6.45) is 21.9. The third-order valence-electron chi connectivity index (χ3n) is 7.88. The van der Waals surface area contributed by atoms with Crippen molar-refractivity contribution in [1.29, 1.82) is 0 Å². The van der Waals surface area contributed by atoms with Crippen LogP contribution in [-0.2, 0) is 10.1 Å². The van der Waals surface area contributed by atoms with Gasteiger partial charge >= 0.3 is 0 Å². The molecule has 0 aliphatic heterocycles. The first-order chi connectivity index (χ1) is 18.8. The van der Waals surface area contributed by atoms with Crippen LogP contribution in [0.5, 0.6) is 0 Å². The molecule has 0 unspecified atom stereocenters. The summed E-state index contributed by atoms with van der Waals surface area (Å²) in [4.78, 5) is -0.178. The van der Waals surface area contributed by atoms with Gasteiger partial charge in [0, 0.05) is 6.61 Å². The largest absolute Gasteiger partial charge is 1.00 e. The molecule has 1 rings (SSSR count). The quantitative estimate of drug-likeness (QED) is 0.108. The number of quaternary nitrogens is 2. The smallest absolute Gasteiger partial charge is 0.124 e. The molecular formula is C33H65BrN2O4S. The van der Waals surface area contributed by atoms with E-state index in [1.807, 2.05) is 6.92 Å². The van der Waals surface area contributed by atoms with Gasteiger partial charge in [-0.15, -0.1) is 0 Å². The lowest BCUT2D eigenvalue weighted by molar-refractivity contribution is -0.891. The lowest BCUT2D eigenvalue weighted by atomic mass is 10.1. The van der Waals surface area contributed by atoms with Crippen LogP contribution in [0.15, 0.2) is 29.2 Å². The first-order valence-electron chi connectivity index (χ1n) is 16.1. The Morgan fingerprint density at radius 3 is 1.24 bits per heavy atom. The highest BCUT2D eigenvalue weighted by Gasteiger charge is 2.15. The minimum atomic E-state index is -4.27. The number of aryl methyl sites for hydroxylation is 1. The lowest BCUT2D eigenvalue weighted by Gasteiger charge is -2.31. The number of benzene rings is 1. The van der Waals surface area contributed by atoms with Gasteiger partial charge < -0.3 is 35.6 Å². The molecule has 6 nitrogen and oxygen atoms in total. The molecule has 1 aromatic rings. The zero-order valence-electron chi connectivity index (χ0n) is 27.5. The monoisotopic (exact) mass is 664 g/mol. The summed E-state index contributed by atoms with van der Waals surface area (Å²) >= 11 is 0. The van der Waals surface area contributed by atoms with E-state index in [0.717, 1.165) is 22.9 Å². The molecule has 0 aliphatic rings. The fourth-order valence-electron chi connectivity index (χ4n) is 5.04. The molecule has 244 valence electrons. The van der Waals surface area contributed by atoms with Crippen molar-refractivity contribution < 1.29 is 44.0 Å². The van der Waals surface area contributed by atoms with Crippen LogP contribution in [0.1, 0.15) is 115 Å². The molecule has 0 spiro atoms. The predicted molar refractivity (Wildman–Crippen MR) is 169 cm³/mol. The molecule has 0 atom stereocenters. The van der Waals surface area contributed by atoms with Crippen molar-refractivity contribution in [3.8, 4) is 0 Å². The summed E-state index contributed by atoms with van der Waals surface area (Å²) in [5, 5.41) is 8.93. The Labute approximate surface area is 265 Å². The number of halogens is 1. The standard InChI is InChI=1S/C26H58N2O.C7H8O3S.BrH/c1-6-7-8-9-10-11-12-13-14-17-22-27(2,3)23-18-15-16-19-24-28(4,5)25-20-21-26-29;1-6-2-4-7(5-3-6)11(8,9)10;/h29H,6-26H2,1-5H3;2-5H,1H3,(H,8,9,10);1H/q+2;;/p-2. The second-order valence-electron chi connectivity index (χ2n) is 13.1. The van der Waals surface area contributed by atoms with E-state index in [2.05, 4.69) is 35.1 Å². The van der Waals surface area contributed by atoms with Crippen LogP contribution in [-0.4, -0.2) is 88.0 Å². The molecule has 0 heterocycles. The fourth-order valence-corrected chi connectivity index (χ4v) is 5.51. The third kappa shape index (κ3) is 26.8. The molecule has 0 aliphatic carbocycles. The van der Waals surface area contributed by atoms with E-state index in [9.17, 15) is 13.0 Å². The van der Waals surface area contributed by atoms with Gasteiger partial charge in [-0.2, -0.15) is 0 Å². The summed E-state index contributed by atoms with van der Waals surface area (Å²) in [6, 6.07) is 5.78. The lowest BCUT2D eigenvalue weighted by Crippen LogP contribution is -3.00. The van der Waals surface area contributed by atoms with Crippen LogP contribution in [0.3, 0.4) is 0 Å². The zero-order valence-corrected chi connectivity index (χ0v) is 29.9. The molecule has 0 radical (unpaired) electrons. The molecule has 0 amide bonds. The molecule has 1 aromatic carbocycles. The van der Waals surface area contributed by atoms with E-state index < -0.39 is 10.1 Å². The van der Waals surface area contributed by atoms with Crippen molar-refractivity contribution in [2.24, 2.45) is 0 Å². The summed E-state index contributed by atoms with van der Waals surface area (Å²) in [5.41, 5.74) is 0.928. The first kappa shape index (κ1) is 42.6. The van der Waals surface area contributed by atoms with Gasteiger partial charge in [-0.25, -0.2) is 8.42 Å². The number of aliphatic hydroxyl groups excluding tert-OH is 1. The first-order valence-corrected chi connectivity index (χ1v) is 17.5. The number of rotatable bonds is 23. The van der Waals surface area contributed by atoms with Crippen molar-refractivity contribution in [2.45, 2.75) is 121 Å². The average molecular weight is 666 g/mol. The van der Waals surface area contributed by atoms with Gasteiger partial charge in [-0.1, -0.05) is 76.0 Å². The highest BCUT2D eigenvalue weighted by Crippen LogP contribution is 2.13. The number of aliphatic hydroxyl groups is 1. The maximum atomic E-state index is 10.4. The van der Waals surface area contributed by atoms with Crippen molar-refractivity contribution in [3.05, 3.63) is 29.8 Å². The molecule has 0 saturated carbocycles. The van der Waals surface area contributed by atoms with Gasteiger partial charge in [0.05, 0.1) is 59.3 Å².